The zero-order valence-corrected chi connectivity index (χ0v) is 18.0. The zero-order chi connectivity index (χ0) is 21.9. The maximum absolute atomic E-state index is 12.8. The molecule has 0 heterocycles. The van der Waals surface area contributed by atoms with Crippen molar-refractivity contribution in [2.45, 2.75) is 14.7 Å². The number of para-hydroxylation sites is 1. The minimum Gasteiger partial charge on any atom is -0.279 e. The first kappa shape index (κ1) is 20.8. The molecule has 7 heteroatoms. The molecule has 0 aromatic heterocycles. The third kappa shape index (κ3) is 4.38. The second-order valence-corrected chi connectivity index (χ2v) is 10.4. The quantitative estimate of drug-likeness (QED) is 0.450. The predicted molar refractivity (Wildman–Crippen MR) is 121 cm³/mol. The van der Waals surface area contributed by atoms with Gasteiger partial charge in [0.2, 0.25) is 9.84 Å². The molecule has 4 aromatic carbocycles. The Kier molecular flexibility index (Phi) is 5.63. The molecule has 0 spiro atoms. The van der Waals surface area contributed by atoms with Crippen LogP contribution in [0.5, 0.6) is 0 Å². The summed E-state index contributed by atoms with van der Waals surface area (Å²) in [5, 5.41) is 0. The van der Waals surface area contributed by atoms with Crippen LogP contribution in [0.1, 0.15) is 0 Å². The smallest absolute Gasteiger partial charge is 0.261 e. The molecular weight excluding hydrogens is 430 g/mol. The third-order valence-electron chi connectivity index (χ3n) is 4.75. The summed E-state index contributed by atoms with van der Waals surface area (Å²) in [6, 6.07) is 29.7. The average Bonchev–Trinajstić information content (AvgIpc) is 2.80. The van der Waals surface area contributed by atoms with Crippen molar-refractivity contribution in [2.75, 3.05) is 4.72 Å². The SMILES string of the molecule is O=S(=O)(Nc1ccccc1-c1ccc(S(=O)(=O)c2ccccc2)cc1)c1ccccc1. The standard InChI is InChI=1S/C24H19NO4S2/c26-30(27,20-9-3-1-4-10-20)21-17-15-19(16-18-21)23-13-7-8-14-24(23)25-31(28,29)22-11-5-2-6-12-22/h1-18,25H. The molecule has 4 rings (SSSR count). The van der Waals surface area contributed by atoms with E-state index < -0.39 is 19.9 Å². The van der Waals surface area contributed by atoms with E-state index in [9.17, 15) is 16.8 Å². The fraction of sp³-hybridized carbons (Fsp3) is 0. The lowest BCUT2D eigenvalue weighted by molar-refractivity contribution is 0.595. The van der Waals surface area contributed by atoms with Crippen LogP contribution >= 0.6 is 0 Å². The van der Waals surface area contributed by atoms with Crippen LogP contribution in [0.2, 0.25) is 0 Å². The normalized spacial score (nSPS) is 11.7. The number of sulfonamides is 1. The lowest BCUT2D eigenvalue weighted by Gasteiger charge is -2.13. The van der Waals surface area contributed by atoms with Crippen molar-refractivity contribution >= 4 is 25.5 Å². The van der Waals surface area contributed by atoms with Crippen LogP contribution in [-0.2, 0) is 19.9 Å². The zero-order valence-electron chi connectivity index (χ0n) is 16.3. The molecule has 5 nitrogen and oxygen atoms in total. The molecule has 31 heavy (non-hydrogen) atoms. The molecule has 4 aromatic rings. The molecule has 0 atom stereocenters. The van der Waals surface area contributed by atoms with Gasteiger partial charge in [-0.2, -0.15) is 0 Å². The van der Waals surface area contributed by atoms with E-state index in [4.69, 9.17) is 0 Å². The topological polar surface area (TPSA) is 80.3 Å². The summed E-state index contributed by atoms with van der Waals surface area (Å²) in [7, 11) is -7.38. The number of hydrogen-bond acceptors (Lipinski definition) is 4. The maximum atomic E-state index is 12.8. The van der Waals surface area contributed by atoms with E-state index in [0.29, 0.717) is 16.8 Å². The number of sulfone groups is 1. The molecular formula is C24H19NO4S2. The minimum atomic E-state index is -3.76. The summed E-state index contributed by atoms with van der Waals surface area (Å²) >= 11 is 0. The van der Waals surface area contributed by atoms with Gasteiger partial charge in [0, 0.05) is 5.56 Å². The molecule has 0 unspecified atom stereocenters. The molecule has 0 saturated carbocycles. The molecule has 0 aliphatic carbocycles. The van der Waals surface area contributed by atoms with Crippen molar-refractivity contribution < 1.29 is 16.8 Å². The van der Waals surface area contributed by atoms with Gasteiger partial charge in [0.25, 0.3) is 10.0 Å². The van der Waals surface area contributed by atoms with Gasteiger partial charge < -0.3 is 0 Å². The van der Waals surface area contributed by atoms with E-state index in [2.05, 4.69) is 4.72 Å². The van der Waals surface area contributed by atoms with Crippen molar-refractivity contribution in [1.29, 1.82) is 0 Å². The Balaban J connectivity index is 1.68. The number of rotatable bonds is 6. The largest absolute Gasteiger partial charge is 0.279 e. The fourth-order valence-corrected chi connectivity index (χ4v) is 5.56. The van der Waals surface area contributed by atoms with Crippen LogP contribution in [-0.4, -0.2) is 16.8 Å². The van der Waals surface area contributed by atoms with Gasteiger partial charge in [0.1, 0.15) is 0 Å². The van der Waals surface area contributed by atoms with Gasteiger partial charge in [-0.15, -0.1) is 0 Å². The monoisotopic (exact) mass is 449 g/mol. The first-order valence-corrected chi connectivity index (χ1v) is 12.4. The fourth-order valence-electron chi connectivity index (χ4n) is 3.18. The number of benzene rings is 4. The Morgan fingerprint density at radius 1 is 0.484 bits per heavy atom. The van der Waals surface area contributed by atoms with Gasteiger partial charge >= 0.3 is 0 Å². The van der Waals surface area contributed by atoms with Crippen LogP contribution in [0.3, 0.4) is 0 Å². The highest BCUT2D eigenvalue weighted by Crippen LogP contribution is 2.31. The Morgan fingerprint density at radius 2 is 0.968 bits per heavy atom. The van der Waals surface area contributed by atoms with Gasteiger partial charge in [0.15, 0.2) is 0 Å². The van der Waals surface area contributed by atoms with E-state index in [-0.39, 0.29) is 14.7 Å². The van der Waals surface area contributed by atoms with Gasteiger partial charge in [-0.25, -0.2) is 16.8 Å². The Bertz CT molecular complexity index is 1400. The molecule has 0 aliphatic heterocycles. The van der Waals surface area contributed by atoms with Crippen molar-refractivity contribution in [1.82, 2.24) is 0 Å². The summed E-state index contributed by atoms with van der Waals surface area (Å²) in [4.78, 5) is 0.553. The second kappa shape index (κ2) is 8.37. The molecule has 1 N–H and O–H groups in total. The average molecular weight is 450 g/mol. The lowest BCUT2D eigenvalue weighted by Crippen LogP contribution is -2.13. The molecule has 0 amide bonds. The van der Waals surface area contributed by atoms with Crippen molar-refractivity contribution in [2.24, 2.45) is 0 Å². The number of nitrogens with one attached hydrogen (secondary N) is 1. The Hall–Kier alpha value is -3.42. The van der Waals surface area contributed by atoms with Crippen LogP contribution in [0.25, 0.3) is 11.1 Å². The predicted octanol–water partition coefficient (Wildman–Crippen LogP) is 4.99. The summed E-state index contributed by atoms with van der Waals surface area (Å²) in [5.74, 6) is 0. The van der Waals surface area contributed by atoms with Crippen molar-refractivity contribution in [3.63, 3.8) is 0 Å². The van der Waals surface area contributed by atoms with Crippen LogP contribution in [0.15, 0.2) is 124 Å². The van der Waals surface area contributed by atoms with Crippen molar-refractivity contribution in [3.05, 3.63) is 109 Å². The van der Waals surface area contributed by atoms with Crippen LogP contribution < -0.4 is 4.72 Å². The summed E-state index contributed by atoms with van der Waals surface area (Å²) < 4.78 is 53.7. The summed E-state index contributed by atoms with van der Waals surface area (Å²) in [6.45, 7) is 0. The first-order chi connectivity index (χ1) is 14.9. The molecule has 0 radical (unpaired) electrons. The van der Waals surface area contributed by atoms with Crippen molar-refractivity contribution in [3.8, 4) is 11.1 Å². The molecule has 156 valence electrons. The highest BCUT2D eigenvalue weighted by atomic mass is 32.2. The van der Waals surface area contributed by atoms with Gasteiger partial charge in [-0.05, 0) is 48.0 Å². The van der Waals surface area contributed by atoms with E-state index in [1.54, 1.807) is 84.9 Å². The van der Waals surface area contributed by atoms with E-state index in [1.807, 2.05) is 0 Å². The summed E-state index contributed by atoms with van der Waals surface area (Å²) in [6.07, 6.45) is 0. The van der Waals surface area contributed by atoms with Gasteiger partial charge in [-0.3, -0.25) is 4.72 Å². The van der Waals surface area contributed by atoms with Gasteiger partial charge in [-0.1, -0.05) is 66.7 Å². The number of anilines is 1. The molecule has 0 fully saturated rings. The molecule has 0 aliphatic rings. The highest BCUT2D eigenvalue weighted by Gasteiger charge is 2.19. The number of hydrogen-bond donors (Lipinski definition) is 1. The van der Waals surface area contributed by atoms with E-state index in [1.165, 1.54) is 24.3 Å². The lowest BCUT2D eigenvalue weighted by atomic mass is 10.0. The van der Waals surface area contributed by atoms with Gasteiger partial charge in [0.05, 0.1) is 20.4 Å². The Labute approximate surface area is 182 Å². The molecule has 0 bridgehead atoms. The van der Waals surface area contributed by atoms with Crippen LogP contribution in [0, 0.1) is 0 Å². The second-order valence-electron chi connectivity index (χ2n) is 6.81. The maximum Gasteiger partial charge on any atom is 0.261 e. The highest BCUT2D eigenvalue weighted by molar-refractivity contribution is 7.92. The summed E-state index contributed by atoms with van der Waals surface area (Å²) in [5.41, 5.74) is 1.74. The minimum absolute atomic E-state index is 0.161. The van der Waals surface area contributed by atoms with E-state index in [0.717, 1.165) is 0 Å². The molecule has 0 saturated heterocycles. The third-order valence-corrected chi connectivity index (χ3v) is 7.92. The first-order valence-electron chi connectivity index (χ1n) is 9.45. The van der Waals surface area contributed by atoms with E-state index >= 15 is 0 Å². The van der Waals surface area contributed by atoms with Crippen LogP contribution in [0.4, 0.5) is 5.69 Å². The Morgan fingerprint density at radius 3 is 1.58 bits per heavy atom.